The minimum absolute atomic E-state index is 0.593. The number of anilines is 2. The Morgan fingerprint density at radius 2 is 1.72 bits per heavy atom. The number of nitrogens with zero attached hydrogens (tertiary/aromatic N) is 2. The maximum Gasteiger partial charge on any atom is 0.224 e. The second-order valence-corrected chi connectivity index (χ2v) is 5.59. The van der Waals surface area contributed by atoms with Crippen molar-refractivity contribution in [2.45, 2.75) is 13.0 Å². The summed E-state index contributed by atoms with van der Waals surface area (Å²) in [5.74, 6) is 2.26. The molecule has 0 radical (unpaired) electrons. The van der Waals surface area contributed by atoms with E-state index >= 15 is 0 Å². The van der Waals surface area contributed by atoms with Gasteiger partial charge in [0.05, 0.1) is 7.11 Å². The van der Waals surface area contributed by atoms with Gasteiger partial charge < -0.3 is 15.4 Å². The number of hydrogen-bond acceptors (Lipinski definition) is 5. The fourth-order valence-electron chi connectivity index (χ4n) is 2.55. The van der Waals surface area contributed by atoms with Crippen molar-refractivity contribution in [3.63, 3.8) is 0 Å². The molecule has 2 aromatic carbocycles. The van der Waals surface area contributed by atoms with Crippen LogP contribution >= 0.6 is 0 Å². The van der Waals surface area contributed by atoms with Gasteiger partial charge >= 0.3 is 0 Å². The Balaban J connectivity index is 1.54. The van der Waals surface area contributed by atoms with E-state index in [0.29, 0.717) is 12.5 Å². The molecule has 2 N–H and O–H groups in total. The van der Waals surface area contributed by atoms with Crippen molar-refractivity contribution in [1.29, 1.82) is 0 Å². The molecule has 1 heterocycles. The fraction of sp³-hybridized carbons (Fsp3) is 0.200. The van der Waals surface area contributed by atoms with Crippen molar-refractivity contribution in [2.75, 3.05) is 24.3 Å². The van der Waals surface area contributed by atoms with Gasteiger partial charge in [-0.2, -0.15) is 4.98 Å². The third kappa shape index (κ3) is 4.94. The lowest BCUT2D eigenvalue weighted by Gasteiger charge is -2.10. The van der Waals surface area contributed by atoms with Gasteiger partial charge in [-0.25, -0.2) is 4.98 Å². The predicted octanol–water partition coefficient (Wildman–Crippen LogP) is 3.75. The zero-order valence-electron chi connectivity index (χ0n) is 14.3. The first-order chi connectivity index (χ1) is 12.3. The number of aromatic nitrogens is 2. The smallest absolute Gasteiger partial charge is 0.224 e. The molecule has 0 amide bonds. The number of benzene rings is 2. The highest BCUT2D eigenvalue weighted by Crippen LogP contribution is 2.18. The zero-order chi connectivity index (χ0) is 17.3. The molecule has 0 bridgehead atoms. The van der Waals surface area contributed by atoms with Crippen LogP contribution in [0, 0.1) is 0 Å². The summed E-state index contributed by atoms with van der Waals surface area (Å²) in [7, 11) is 1.67. The Kier molecular flexibility index (Phi) is 5.82. The molecule has 0 saturated heterocycles. The van der Waals surface area contributed by atoms with Crippen LogP contribution < -0.4 is 15.4 Å². The number of rotatable bonds is 8. The van der Waals surface area contributed by atoms with Crippen molar-refractivity contribution >= 4 is 11.8 Å². The monoisotopic (exact) mass is 334 g/mol. The fourth-order valence-corrected chi connectivity index (χ4v) is 2.55. The molecule has 0 saturated carbocycles. The van der Waals surface area contributed by atoms with Crippen molar-refractivity contribution in [3.05, 3.63) is 78.0 Å². The van der Waals surface area contributed by atoms with E-state index in [0.717, 1.165) is 30.1 Å². The van der Waals surface area contributed by atoms with E-state index in [1.165, 1.54) is 5.56 Å². The lowest BCUT2D eigenvalue weighted by Crippen LogP contribution is -2.09. The van der Waals surface area contributed by atoms with Crippen LogP contribution in [0.15, 0.2) is 66.9 Å². The normalized spacial score (nSPS) is 10.3. The molecule has 0 aliphatic carbocycles. The zero-order valence-corrected chi connectivity index (χ0v) is 14.3. The lowest BCUT2D eigenvalue weighted by molar-refractivity contribution is 0.410. The lowest BCUT2D eigenvalue weighted by atomic mass is 10.1. The van der Waals surface area contributed by atoms with Crippen LogP contribution in [0.2, 0.25) is 0 Å². The first kappa shape index (κ1) is 16.8. The van der Waals surface area contributed by atoms with Gasteiger partial charge in [-0.3, -0.25) is 0 Å². The van der Waals surface area contributed by atoms with E-state index in [1.54, 1.807) is 13.3 Å². The quantitative estimate of drug-likeness (QED) is 0.657. The molecule has 3 aromatic rings. The van der Waals surface area contributed by atoms with Gasteiger partial charge in [-0.1, -0.05) is 48.5 Å². The molecule has 128 valence electrons. The van der Waals surface area contributed by atoms with Gasteiger partial charge in [0.1, 0.15) is 11.6 Å². The molecular formula is C20H22N4O. The van der Waals surface area contributed by atoms with Gasteiger partial charge in [0, 0.05) is 24.8 Å². The van der Waals surface area contributed by atoms with Crippen molar-refractivity contribution in [3.8, 4) is 5.75 Å². The maximum atomic E-state index is 5.36. The topological polar surface area (TPSA) is 59.1 Å². The Morgan fingerprint density at radius 3 is 2.56 bits per heavy atom. The van der Waals surface area contributed by atoms with E-state index in [2.05, 4.69) is 44.9 Å². The summed E-state index contributed by atoms with van der Waals surface area (Å²) in [6.45, 7) is 1.43. The average molecular weight is 334 g/mol. The van der Waals surface area contributed by atoms with Crippen molar-refractivity contribution in [2.24, 2.45) is 0 Å². The van der Waals surface area contributed by atoms with Crippen LogP contribution in [0.4, 0.5) is 11.8 Å². The summed E-state index contributed by atoms with van der Waals surface area (Å²) in [5, 5.41) is 6.58. The van der Waals surface area contributed by atoms with E-state index in [1.807, 2.05) is 36.4 Å². The summed E-state index contributed by atoms with van der Waals surface area (Å²) in [6.07, 6.45) is 2.71. The van der Waals surface area contributed by atoms with Crippen LogP contribution in [-0.2, 0) is 13.0 Å². The largest absolute Gasteiger partial charge is 0.496 e. The SMILES string of the molecule is COc1ccccc1CNc1nccc(NCCc2ccccc2)n1. The maximum absolute atomic E-state index is 5.36. The number of methoxy groups -OCH3 is 1. The number of ether oxygens (including phenoxy) is 1. The van der Waals surface area contributed by atoms with Crippen LogP contribution in [0.5, 0.6) is 5.75 Å². The van der Waals surface area contributed by atoms with E-state index in [9.17, 15) is 0 Å². The Hall–Kier alpha value is -3.08. The van der Waals surface area contributed by atoms with E-state index in [4.69, 9.17) is 4.74 Å². The molecule has 25 heavy (non-hydrogen) atoms. The summed E-state index contributed by atoms with van der Waals surface area (Å²) in [4.78, 5) is 8.77. The molecule has 1 aromatic heterocycles. The standard InChI is InChI=1S/C20H22N4O/c1-25-18-10-6-5-9-17(18)15-23-20-22-14-12-19(24-20)21-13-11-16-7-3-2-4-8-16/h2-10,12,14H,11,13,15H2,1H3,(H2,21,22,23,24). The summed E-state index contributed by atoms with van der Waals surface area (Å²) in [6, 6.07) is 20.2. The van der Waals surface area contributed by atoms with Crippen LogP contribution in [-0.4, -0.2) is 23.6 Å². The molecule has 3 rings (SSSR count). The van der Waals surface area contributed by atoms with Gasteiger partial charge in [-0.05, 0) is 24.1 Å². The second kappa shape index (κ2) is 8.68. The third-order valence-corrected chi connectivity index (χ3v) is 3.85. The molecule has 0 fully saturated rings. The highest BCUT2D eigenvalue weighted by Gasteiger charge is 2.03. The van der Waals surface area contributed by atoms with Crippen molar-refractivity contribution < 1.29 is 4.74 Å². The number of hydrogen-bond donors (Lipinski definition) is 2. The molecule has 0 unspecified atom stereocenters. The van der Waals surface area contributed by atoms with Crippen LogP contribution in [0.1, 0.15) is 11.1 Å². The predicted molar refractivity (Wildman–Crippen MR) is 101 cm³/mol. The third-order valence-electron chi connectivity index (χ3n) is 3.85. The minimum Gasteiger partial charge on any atom is -0.496 e. The average Bonchev–Trinajstić information content (AvgIpc) is 2.68. The first-order valence-electron chi connectivity index (χ1n) is 8.32. The Labute approximate surface area is 148 Å². The summed E-state index contributed by atoms with van der Waals surface area (Å²) >= 11 is 0. The molecule has 5 nitrogen and oxygen atoms in total. The first-order valence-corrected chi connectivity index (χ1v) is 8.32. The van der Waals surface area contributed by atoms with Crippen LogP contribution in [0.3, 0.4) is 0 Å². The van der Waals surface area contributed by atoms with Gasteiger partial charge in [0.15, 0.2) is 0 Å². The second-order valence-electron chi connectivity index (χ2n) is 5.59. The molecule has 0 spiro atoms. The van der Waals surface area contributed by atoms with E-state index < -0.39 is 0 Å². The summed E-state index contributed by atoms with van der Waals surface area (Å²) in [5.41, 5.74) is 2.37. The molecule has 0 aliphatic heterocycles. The molecule has 0 aliphatic rings. The molecular weight excluding hydrogens is 312 g/mol. The Morgan fingerprint density at radius 1 is 0.920 bits per heavy atom. The van der Waals surface area contributed by atoms with Gasteiger partial charge in [0.25, 0.3) is 0 Å². The van der Waals surface area contributed by atoms with Crippen LogP contribution in [0.25, 0.3) is 0 Å². The Bertz CT molecular complexity index is 792. The molecule has 5 heteroatoms. The van der Waals surface area contributed by atoms with Gasteiger partial charge in [0.2, 0.25) is 5.95 Å². The highest BCUT2D eigenvalue weighted by atomic mass is 16.5. The molecule has 0 atom stereocenters. The number of nitrogens with one attached hydrogen (secondary N) is 2. The number of para-hydroxylation sites is 1. The van der Waals surface area contributed by atoms with Crippen molar-refractivity contribution in [1.82, 2.24) is 9.97 Å². The minimum atomic E-state index is 0.593. The van der Waals surface area contributed by atoms with E-state index in [-0.39, 0.29) is 0 Å². The highest BCUT2D eigenvalue weighted by molar-refractivity contribution is 5.41. The summed E-state index contributed by atoms with van der Waals surface area (Å²) < 4.78 is 5.36. The van der Waals surface area contributed by atoms with Gasteiger partial charge in [-0.15, -0.1) is 0 Å².